The van der Waals surface area contributed by atoms with E-state index in [1.165, 1.54) is 7.11 Å². The highest BCUT2D eigenvalue weighted by molar-refractivity contribution is 6.43. The van der Waals surface area contributed by atoms with Gasteiger partial charge in [-0.05, 0) is 25.5 Å². The summed E-state index contributed by atoms with van der Waals surface area (Å²) < 4.78 is 4.43. The number of ether oxygens (including phenoxy) is 1. The van der Waals surface area contributed by atoms with Gasteiger partial charge in [-0.1, -0.05) is 17.7 Å². The molecule has 1 unspecified atom stereocenters. The maximum Gasteiger partial charge on any atom is 0.331 e. The molecule has 86 valence electrons. The van der Waals surface area contributed by atoms with Gasteiger partial charge in [0, 0.05) is 5.56 Å². The SMILES string of the molecule is COC(=O)C(Cl)C(=O)c1cc(C)ccc1C. The summed E-state index contributed by atoms with van der Waals surface area (Å²) in [5, 5.41) is -1.27. The summed E-state index contributed by atoms with van der Waals surface area (Å²) in [5.74, 6) is -1.15. The van der Waals surface area contributed by atoms with Crippen molar-refractivity contribution < 1.29 is 14.3 Å². The number of carbonyl (C=O) groups excluding carboxylic acids is 2. The quantitative estimate of drug-likeness (QED) is 0.352. The molecule has 1 atom stereocenters. The van der Waals surface area contributed by atoms with Crippen molar-refractivity contribution in [2.75, 3.05) is 7.11 Å². The van der Waals surface area contributed by atoms with Gasteiger partial charge in [0.15, 0.2) is 11.2 Å². The molecule has 1 aromatic rings. The number of carbonyl (C=O) groups is 2. The molecule has 0 bridgehead atoms. The van der Waals surface area contributed by atoms with Crippen molar-refractivity contribution in [3.05, 3.63) is 34.9 Å². The predicted octanol–water partition coefficient (Wildman–Crippen LogP) is 2.27. The minimum atomic E-state index is -1.27. The lowest BCUT2D eigenvalue weighted by Crippen LogP contribution is -2.26. The fraction of sp³-hybridized carbons (Fsp3) is 0.333. The average molecular weight is 241 g/mol. The van der Waals surface area contributed by atoms with Crippen molar-refractivity contribution in [1.82, 2.24) is 0 Å². The minimum Gasteiger partial charge on any atom is -0.468 e. The Morgan fingerprint density at radius 1 is 1.31 bits per heavy atom. The van der Waals surface area contributed by atoms with Gasteiger partial charge in [-0.3, -0.25) is 4.79 Å². The van der Waals surface area contributed by atoms with E-state index in [9.17, 15) is 9.59 Å². The van der Waals surface area contributed by atoms with Crippen LogP contribution in [0.4, 0.5) is 0 Å². The van der Waals surface area contributed by atoms with Gasteiger partial charge in [-0.25, -0.2) is 4.79 Å². The summed E-state index contributed by atoms with van der Waals surface area (Å²) in [6, 6.07) is 5.44. The Labute approximate surface area is 99.4 Å². The molecule has 1 rings (SSSR count). The smallest absolute Gasteiger partial charge is 0.331 e. The molecule has 0 saturated carbocycles. The number of halogens is 1. The fourth-order valence-electron chi connectivity index (χ4n) is 1.35. The Kier molecular flexibility index (Phi) is 4.07. The maximum absolute atomic E-state index is 11.9. The van der Waals surface area contributed by atoms with Gasteiger partial charge in [0.25, 0.3) is 0 Å². The fourth-order valence-corrected chi connectivity index (χ4v) is 1.55. The molecule has 0 radical (unpaired) electrons. The summed E-state index contributed by atoms with van der Waals surface area (Å²) >= 11 is 5.72. The second kappa shape index (κ2) is 5.12. The minimum absolute atomic E-state index is 0.422. The Morgan fingerprint density at radius 3 is 2.50 bits per heavy atom. The van der Waals surface area contributed by atoms with Gasteiger partial charge in [0.05, 0.1) is 7.11 Å². The monoisotopic (exact) mass is 240 g/mol. The van der Waals surface area contributed by atoms with E-state index >= 15 is 0 Å². The van der Waals surface area contributed by atoms with Gasteiger partial charge in [-0.15, -0.1) is 11.6 Å². The number of rotatable bonds is 3. The first-order valence-electron chi connectivity index (χ1n) is 4.80. The molecule has 0 fully saturated rings. The van der Waals surface area contributed by atoms with E-state index in [2.05, 4.69) is 4.74 Å². The molecule has 0 aliphatic heterocycles. The highest BCUT2D eigenvalue weighted by atomic mass is 35.5. The number of hydrogen-bond acceptors (Lipinski definition) is 3. The van der Waals surface area contributed by atoms with Crippen molar-refractivity contribution in [1.29, 1.82) is 0 Å². The van der Waals surface area contributed by atoms with Crippen LogP contribution in [-0.2, 0) is 9.53 Å². The first-order chi connectivity index (χ1) is 7.47. The van der Waals surface area contributed by atoms with E-state index in [1.807, 2.05) is 19.1 Å². The van der Waals surface area contributed by atoms with Crippen molar-refractivity contribution in [2.45, 2.75) is 19.2 Å². The summed E-state index contributed by atoms with van der Waals surface area (Å²) in [7, 11) is 1.20. The second-order valence-corrected chi connectivity index (χ2v) is 4.00. The van der Waals surface area contributed by atoms with Crippen LogP contribution in [0.5, 0.6) is 0 Å². The molecule has 0 aliphatic carbocycles. The van der Waals surface area contributed by atoms with Crippen molar-refractivity contribution >= 4 is 23.4 Å². The van der Waals surface area contributed by atoms with Gasteiger partial charge >= 0.3 is 5.97 Å². The molecule has 0 spiro atoms. The van der Waals surface area contributed by atoms with Crippen LogP contribution in [-0.4, -0.2) is 24.2 Å². The third-order valence-electron chi connectivity index (χ3n) is 2.30. The number of esters is 1. The van der Waals surface area contributed by atoms with Gasteiger partial charge < -0.3 is 4.74 Å². The van der Waals surface area contributed by atoms with E-state index in [0.29, 0.717) is 5.56 Å². The maximum atomic E-state index is 11.9. The van der Waals surface area contributed by atoms with Crippen molar-refractivity contribution in [3.8, 4) is 0 Å². The molecule has 1 aromatic carbocycles. The van der Waals surface area contributed by atoms with Crippen molar-refractivity contribution in [2.24, 2.45) is 0 Å². The first kappa shape index (κ1) is 12.7. The molecule has 0 saturated heterocycles. The lowest BCUT2D eigenvalue weighted by molar-refractivity contribution is -0.139. The Hall–Kier alpha value is -1.35. The summed E-state index contributed by atoms with van der Waals surface area (Å²) in [6.45, 7) is 3.67. The Balaban J connectivity index is 3.05. The van der Waals surface area contributed by atoms with Crippen LogP contribution in [0.1, 0.15) is 21.5 Å². The molecule has 0 aromatic heterocycles. The van der Waals surface area contributed by atoms with E-state index in [-0.39, 0.29) is 0 Å². The predicted molar refractivity (Wildman–Crippen MR) is 61.9 cm³/mol. The Bertz CT molecular complexity index is 426. The Morgan fingerprint density at radius 2 is 1.94 bits per heavy atom. The van der Waals surface area contributed by atoms with Crippen LogP contribution < -0.4 is 0 Å². The van der Waals surface area contributed by atoms with Gasteiger partial charge in [-0.2, -0.15) is 0 Å². The van der Waals surface area contributed by atoms with Gasteiger partial charge in [0.2, 0.25) is 0 Å². The third-order valence-corrected chi connectivity index (χ3v) is 2.67. The second-order valence-electron chi connectivity index (χ2n) is 3.57. The third kappa shape index (κ3) is 2.61. The average Bonchev–Trinajstić information content (AvgIpc) is 2.29. The van der Waals surface area contributed by atoms with Crippen LogP contribution >= 0.6 is 11.6 Å². The first-order valence-corrected chi connectivity index (χ1v) is 5.24. The normalized spacial score (nSPS) is 12.0. The molecule has 0 amide bonds. The summed E-state index contributed by atoms with van der Waals surface area (Å²) in [6.07, 6.45) is 0. The van der Waals surface area contributed by atoms with Crippen LogP contribution in [0, 0.1) is 13.8 Å². The molecule has 4 heteroatoms. The lowest BCUT2D eigenvalue weighted by Gasteiger charge is -2.09. The molecule has 3 nitrogen and oxygen atoms in total. The van der Waals surface area contributed by atoms with E-state index in [0.717, 1.165) is 11.1 Å². The van der Waals surface area contributed by atoms with Crippen LogP contribution in [0.25, 0.3) is 0 Å². The zero-order valence-electron chi connectivity index (χ0n) is 9.41. The van der Waals surface area contributed by atoms with E-state index in [4.69, 9.17) is 11.6 Å². The number of methoxy groups -OCH3 is 1. The summed E-state index contributed by atoms with van der Waals surface area (Å²) in [5.41, 5.74) is 2.21. The number of hydrogen-bond donors (Lipinski definition) is 0. The zero-order valence-corrected chi connectivity index (χ0v) is 10.2. The number of aryl methyl sites for hydroxylation is 2. The van der Waals surface area contributed by atoms with Gasteiger partial charge in [0.1, 0.15) is 0 Å². The van der Waals surface area contributed by atoms with Crippen LogP contribution in [0.2, 0.25) is 0 Å². The highest BCUT2D eigenvalue weighted by Gasteiger charge is 2.26. The summed E-state index contributed by atoms with van der Waals surface area (Å²) in [4.78, 5) is 23.0. The van der Waals surface area contributed by atoms with E-state index < -0.39 is 17.1 Å². The molecule has 0 heterocycles. The largest absolute Gasteiger partial charge is 0.468 e. The van der Waals surface area contributed by atoms with Crippen LogP contribution in [0.15, 0.2) is 18.2 Å². The number of ketones is 1. The molecular weight excluding hydrogens is 228 g/mol. The number of benzene rings is 1. The zero-order chi connectivity index (χ0) is 12.3. The molecule has 0 aliphatic rings. The van der Waals surface area contributed by atoms with Crippen molar-refractivity contribution in [3.63, 3.8) is 0 Å². The molecular formula is C12H13ClO3. The lowest BCUT2D eigenvalue weighted by atomic mass is 10.00. The standard InChI is InChI=1S/C12H13ClO3/c1-7-4-5-8(2)9(6-7)11(14)10(13)12(15)16-3/h4-6,10H,1-3H3. The topological polar surface area (TPSA) is 43.4 Å². The van der Waals surface area contributed by atoms with Crippen LogP contribution in [0.3, 0.4) is 0 Å². The molecule has 16 heavy (non-hydrogen) atoms. The molecule has 0 N–H and O–H groups in total. The highest BCUT2D eigenvalue weighted by Crippen LogP contribution is 2.16. The number of Topliss-reactive ketones (excluding diaryl/α,β-unsaturated/α-hetero) is 1. The van der Waals surface area contributed by atoms with E-state index in [1.54, 1.807) is 13.0 Å². The number of alkyl halides is 1.